The maximum Gasteiger partial charge on any atom is 0.276 e. The number of imide groups is 1. The number of hydrogen-bond acceptors (Lipinski definition) is 3. The Bertz CT molecular complexity index is 491. The number of nitrogens with zero attached hydrogens (tertiary/aromatic N) is 1. The van der Waals surface area contributed by atoms with Crippen LogP contribution in [0.5, 0.6) is 0 Å². The molecule has 0 aromatic carbocycles. The summed E-state index contributed by atoms with van der Waals surface area (Å²) in [5.74, 6) is -1.55. The van der Waals surface area contributed by atoms with Crippen molar-refractivity contribution in [3.63, 3.8) is 0 Å². The second-order valence-electron chi connectivity index (χ2n) is 3.82. The lowest BCUT2D eigenvalue weighted by atomic mass is 9.85. The molecule has 2 amide bonds. The molecule has 1 aliphatic heterocycles. The van der Waals surface area contributed by atoms with Gasteiger partial charge in [0.25, 0.3) is 11.8 Å². The molecule has 4 nitrogen and oxygen atoms in total. The zero-order valence-electron chi connectivity index (χ0n) is 8.13. The molecule has 2 aliphatic rings. The van der Waals surface area contributed by atoms with Crippen LogP contribution in [0.1, 0.15) is 0 Å². The van der Waals surface area contributed by atoms with Gasteiger partial charge in [-0.2, -0.15) is 5.06 Å². The average molecular weight is 641 g/mol. The van der Waals surface area contributed by atoms with Crippen LogP contribution in [0.3, 0.4) is 0 Å². The van der Waals surface area contributed by atoms with Crippen molar-refractivity contribution in [2.24, 2.45) is 0 Å². The lowest BCUT2D eigenvalue weighted by Gasteiger charge is -2.49. The Kier molecular flexibility index (Phi) is 3.90. The topological polar surface area (TPSA) is 57.6 Å². The van der Waals surface area contributed by atoms with Gasteiger partial charge >= 0.3 is 0 Å². The van der Waals surface area contributed by atoms with E-state index in [1.54, 1.807) is 6.08 Å². The van der Waals surface area contributed by atoms with Gasteiger partial charge in [0.05, 0.1) is 0 Å². The fraction of sp³-hybridized carbons (Fsp3) is 0.500. The van der Waals surface area contributed by atoms with Gasteiger partial charge in [0.15, 0.2) is 8.65 Å². The van der Waals surface area contributed by atoms with E-state index < -0.39 is 26.9 Å². The first-order chi connectivity index (χ1) is 7.93. The van der Waals surface area contributed by atoms with E-state index in [9.17, 15) is 14.8 Å². The second kappa shape index (κ2) is 4.36. The number of hydrogen-bond donors (Lipinski definition) is 1. The van der Waals surface area contributed by atoms with Crippen molar-refractivity contribution in [1.29, 1.82) is 0 Å². The van der Waals surface area contributed by atoms with Gasteiger partial charge in [0, 0.05) is 0 Å². The summed E-state index contributed by atoms with van der Waals surface area (Å²) in [4.78, 5) is 24.3. The highest BCUT2D eigenvalue weighted by Crippen LogP contribution is 2.68. The van der Waals surface area contributed by atoms with Crippen LogP contribution in [0.25, 0.3) is 0 Å². The summed E-state index contributed by atoms with van der Waals surface area (Å²) < 4.78 is -4.85. The number of hydroxylamine groups is 2. The van der Waals surface area contributed by atoms with Gasteiger partial charge in [-0.1, -0.05) is 108 Å². The highest BCUT2D eigenvalue weighted by Gasteiger charge is 2.79. The zero-order chi connectivity index (χ0) is 14.1. The van der Waals surface area contributed by atoms with Gasteiger partial charge in [-0.05, 0) is 0 Å². The van der Waals surface area contributed by atoms with Gasteiger partial charge < -0.3 is 0 Å². The Morgan fingerprint density at radius 3 is 1.94 bits per heavy atom. The Hall–Kier alpha value is 1.72. The van der Waals surface area contributed by atoms with Gasteiger partial charge in [-0.25, -0.2) is 0 Å². The Morgan fingerprint density at radius 2 is 1.44 bits per heavy atom. The molecule has 0 bridgehead atoms. The highest BCUT2D eigenvalue weighted by atomic mass is 79.9. The third kappa shape index (κ3) is 1.60. The smallest absolute Gasteiger partial charge is 0.276 e. The predicted octanol–water partition coefficient (Wildman–Crippen LogP) is 3.55. The van der Waals surface area contributed by atoms with Crippen molar-refractivity contribution in [3.05, 3.63) is 12.2 Å². The fourth-order valence-electron chi connectivity index (χ4n) is 1.80. The van der Waals surface area contributed by atoms with Crippen molar-refractivity contribution in [2.75, 3.05) is 0 Å². The molecule has 1 fully saturated rings. The summed E-state index contributed by atoms with van der Waals surface area (Å²) in [6.07, 6.45) is 3.15. The first-order valence-electron chi connectivity index (χ1n) is 4.35. The number of fused-ring (bicyclic) bond motifs is 1. The monoisotopic (exact) mass is 635 g/mol. The Morgan fingerprint density at radius 1 is 0.944 bits per heavy atom. The highest BCUT2D eigenvalue weighted by molar-refractivity contribution is 9.31. The molecule has 1 saturated heterocycles. The summed E-state index contributed by atoms with van der Waals surface area (Å²) in [6, 6.07) is 0. The minimum Gasteiger partial charge on any atom is -0.278 e. The van der Waals surface area contributed by atoms with Gasteiger partial charge in [-0.3, -0.25) is 14.8 Å². The molecular formula is C8H3Br6NO3. The maximum atomic E-state index is 12.2. The lowest BCUT2D eigenvalue weighted by Crippen LogP contribution is -2.65. The molecule has 0 radical (unpaired) electrons. The summed E-state index contributed by atoms with van der Waals surface area (Å²) >= 11 is 20.1. The van der Waals surface area contributed by atoms with E-state index in [0.717, 1.165) is 0 Å². The normalized spacial score (nSPS) is 41.2. The molecule has 1 aliphatic carbocycles. The molecule has 2 rings (SSSR count). The van der Waals surface area contributed by atoms with Crippen LogP contribution >= 0.6 is 95.6 Å². The molecule has 10 heteroatoms. The molecule has 0 saturated carbocycles. The van der Waals surface area contributed by atoms with Crippen molar-refractivity contribution in [3.8, 4) is 0 Å². The molecule has 2 unspecified atom stereocenters. The molecule has 18 heavy (non-hydrogen) atoms. The van der Waals surface area contributed by atoms with E-state index >= 15 is 0 Å². The molecule has 0 aromatic rings. The molecule has 100 valence electrons. The number of halogens is 6. The fourth-order valence-corrected chi connectivity index (χ4v) is 6.50. The summed E-state index contributed by atoms with van der Waals surface area (Å²) in [7, 11) is 0. The van der Waals surface area contributed by atoms with E-state index in [2.05, 4.69) is 95.6 Å². The van der Waals surface area contributed by atoms with Crippen LogP contribution in [0, 0.1) is 0 Å². The SMILES string of the molecule is O=C1N(O)C(=O)C2(Br)C1(Br)C=CC(Br)(Br)C2(Br)Br. The van der Waals surface area contributed by atoms with Crippen LogP contribution in [-0.4, -0.2) is 37.2 Å². The number of rotatable bonds is 0. The number of carbonyl (C=O) groups excluding carboxylic acids is 2. The predicted molar refractivity (Wildman–Crippen MR) is 87.3 cm³/mol. The van der Waals surface area contributed by atoms with Gasteiger partial charge in [0.1, 0.15) is 6.47 Å². The molecular weight excluding hydrogens is 638 g/mol. The number of allylic oxidation sites excluding steroid dienone is 1. The van der Waals surface area contributed by atoms with E-state index in [1.165, 1.54) is 6.08 Å². The van der Waals surface area contributed by atoms with E-state index in [4.69, 9.17) is 0 Å². The standard InChI is InChI=1S/C8H3Br6NO3/c9-5-1-2-6(10,11)8(13,14)7(5,12)4(17)15(18)3(5)16/h1-2,18H. The quantitative estimate of drug-likeness (QED) is 0.191. The third-order valence-electron chi connectivity index (χ3n) is 2.87. The minimum atomic E-state index is -1.47. The van der Waals surface area contributed by atoms with Crippen LogP contribution in [0.2, 0.25) is 0 Å². The van der Waals surface area contributed by atoms with Crippen molar-refractivity contribution in [1.82, 2.24) is 5.06 Å². The van der Waals surface area contributed by atoms with E-state index in [1.807, 2.05) is 0 Å². The summed E-state index contributed by atoms with van der Waals surface area (Å²) in [6.45, 7) is 0. The Balaban J connectivity index is 2.80. The first-order valence-corrected chi connectivity index (χ1v) is 9.11. The maximum absolute atomic E-state index is 12.2. The first kappa shape index (κ1) is 16.1. The largest absolute Gasteiger partial charge is 0.278 e. The zero-order valence-corrected chi connectivity index (χ0v) is 17.6. The van der Waals surface area contributed by atoms with Crippen molar-refractivity contribution in [2.45, 2.75) is 15.1 Å². The lowest BCUT2D eigenvalue weighted by molar-refractivity contribution is -0.172. The second-order valence-corrected chi connectivity index (χ2v) is 13.3. The van der Waals surface area contributed by atoms with Gasteiger partial charge in [-0.15, -0.1) is 0 Å². The minimum absolute atomic E-state index is 0.104. The number of amides is 2. The van der Waals surface area contributed by atoms with Crippen molar-refractivity contribution >= 4 is 107 Å². The van der Waals surface area contributed by atoms with Crippen LogP contribution in [0.4, 0.5) is 0 Å². The van der Waals surface area contributed by atoms with Gasteiger partial charge in [0.2, 0.25) is 0 Å². The molecule has 0 spiro atoms. The van der Waals surface area contributed by atoms with Crippen molar-refractivity contribution < 1.29 is 14.8 Å². The average Bonchev–Trinajstić information content (AvgIpc) is 2.41. The van der Waals surface area contributed by atoms with E-state index in [0.29, 0.717) is 0 Å². The molecule has 1 heterocycles. The molecule has 2 atom stereocenters. The Labute approximate surface area is 153 Å². The summed E-state index contributed by atoms with van der Waals surface area (Å²) in [5, 5.41) is 9.70. The molecule has 1 N–H and O–H groups in total. The molecule has 0 aromatic heterocycles. The van der Waals surface area contributed by atoms with Crippen LogP contribution < -0.4 is 0 Å². The number of carbonyl (C=O) groups is 2. The number of alkyl halides is 6. The third-order valence-corrected chi connectivity index (χ3v) is 13.5. The van der Waals surface area contributed by atoms with Crippen LogP contribution in [-0.2, 0) is 9.59 Å². The van der Waals surface area contributed by atoms with E-state index in [-0.39, 0.29) is 5.06 Å². The van der Waals surface area contributed by atoms with Crippen LogP contribution in [0.15, 0.2) is 12.2 Å². The summed E-state index contributed by atoms with van der Waals surface area (Å²) in [5.41, 5.74) is 0.